The molecule has 2 aromatic rings. The fourth-order valence-corrected chi connectivity index (χ4v) is 5.57. The number of nitrogens with zero attached hydrogens (tertiary/aromatic N) is 2. The highest BCUT2D eigenvalue weighted by Crippen LogP contribution is 2.35. The standard InChI is InChI=1S/C29H40N2O2/c1-22(2)26-15-14-23(3)18-28(26)33-29(32)27-21-30(19-24-10-6-4-7-11-24)16-17-31(27)20-25-12-8-5-9-13-25/h4-13,22-23,26-28H,14-21H2,1-3H3/t23-,26+,27-,28-/m1/s1. The second-order valence-corrected chi connectivity index (χ2v) is 10.5. The van der Waals surface area contributed by atoms with Crippen molar-refractivity contribution in [2.45, 2.75) is 65.3 Å². The van der Waals surface area contributed by atoms with Gasteiger partial charge in [0.15, 0.2) is 0 Å². The van der Waals surface area contributed by atoms with E-state index in [1.54, 1.807) is 0 Å². The number of ether oxygens (including phenoxy) is 1. The molecule has 2 aliphatic rings. The van der Waals surface area contributed by atoms with Gasteiger partial charge < -0.3 is 4.74 Å². The van der Waals surface area contributed by atoms with Crippen LogP contribution in [0, 0.1) is 17.8 Å². The normalized spacial score (nSPS) is 26.9. The van der Waals surface area contributed by atoms with E-state index in [1.165, 1.54) is 17.5 Å². The Morgan fingerprint density at radius 3 is 2.21 bits per heavy atom. The fourth-order valence-electron chi connectivity index (χ4n) is 5.57. The van der Waals surface area contributed by atoms with E-state index in [1.807, 2.05) is 6.07 Å². The van der Waals surface area contributed by atoms with Gasteiger partial charge in [-0.25, -0.2) is 0 Å². The van der Waals surface area contributed by atoms with Crippen molar-refractivity contribution in [1.29, 1.82) is 0 Å². The van der Waals surface area contributed by atoms with Crippen LogP contribution in [0.2, 0.25) is 0 Å². The van der Waals surface area contributed by atoms with E-state index in [4.69, 9.17) is 4.74 Å². The van der Waals surface area contributed by atoms with Crippen LogP contribution in [0.3, 0.4) is 0 Å². The summed E-state index contributed by atoms with van der Waals surface area (Å²) < 4.78 is 6.33. The van der Waals surface area contributed by atoms with Gasteiger partial charge in [0.1, 0.15) is 12.1 Å². The average Bonchev–Trinajstić information content (AvgIpc) is 2.81. The lowest BCUT2D eigenvalue weighted by molar-refractivity contribution is -0.165. The molecule has 0 N–H and O–H groups in total. The maximum Gasteiger partial charge on any atom is 0.324 e. The summed E-state index contributed by atoms with van der Waals surface area (Å²) >= 11 is 0. The number of rotatable bonds is 7. The van der Waals surface area contributed by atoms with Gasteiger partial charge in [0.2, 0.25) is 0 Å². The number of piperazine rings is 1. The van der Waals surface area contributed by atoms with Crippen molar-refractivity contribution in [3.63, 3.8) is 0 Å². The van der Waals surface area contributed by atoms with Gasteiger partial charge in [0.05, 0.1) is 0 Å². The maximum atomic E-state index is 13.6. The van der Waals surface area contributed by atoms with Gasteiger partial charge in [-0.1, -0.05) is 87.9 Å². The summed E-state index contributed by atoms with van der Waals surface area (Å²) in [5, 5.41) is 0. The molecule has 0 spiro atoms. The molecule has 0 unspecified atom stereocenters. The minimum Gasteiger partial charge on any atom is -0.461 e. The van der Waals surface area contributed by atoms with E-state index in [2.05, 4.69) is 85.2 Å². The second-order valence-electron chi connectivity index (χ2n) is 10.5. The van der Waals surface area contributed by atoms with Crippen molar-refractivity contribution in [1.82, 2.24) is 9.80 Å². The van der Waals surface area contributed by atoms with Gasteiger partial charge >= 0.3 is 5.97 Å². The molecular formula is C29H40N2O2. The van der Waals surface area contributed by atoms with Gasteiger partial charge in [0.25, 0.3) is 0 Å². The van der Waals surface area contributed by atoms with E-state index < -0.39 is 0 Å². The zero-order valence-electron chi connectivity index (χ0n) is 20.5. The molecular weight excluding hydrogens is 408 g/mol. The highest BCUT2D eigenvalue weighted by atomic mass is 16.5. The predicted molar refractivity (Wildman–Crippen MR) is 134 cm³/mol. The largest absolute Gasteiger partial charge is 0.461 e. The smallest absolute Gasteiger partial charge is 0.324 e. The SMILES string of the molecule is CC(C)[C@@H]1CC[C@@H](C)C[C@H]1OC(=O)[C@H]1CN(Cc2ccccc2)CCN1Cc1ccccc1. The summed E-state index contributed by atoms with van der Waals surface area (Å²) in [4.78, 5) is 18.4. The Bertz CT molecular complexity index is 870. The Balaban J connectivity index is 1.48. The first-order valence-corrected chi connectivity index (χ1v) is 12.7. The summed E-state index contributed by atoms with van der Waals surface area (Å²) in [6.07, 6.45) is 3.44. The van der Waals surface area contributed by atoms with Gasteiger partial charge in [-0.2, -0.15) is 0 Å². The molecule has 1 saturated heterocycles. The van der Waals surface area contributed by atoms with E-state index >= 15 is 0 Å². The van der Waals surface area contributed by atoms with Crippen LogP contribution in [0.4, 0.5) is 0 Å². The molecule has 2 fully saturated rings. The Morgan fingerprint density at radius 2 is 1.58 bits per heavy atom. The van der Waals surface area contributed by atoms with Crippen molar-refractivity contribution >= 4 is 5.97 Å². The Labute approximate surface area is 199 Å². The van der Waals surface area contributed by atoms with Crippen LogP contribution in [0.25, 0.3) is 0 Å². The molecule has 1 heterocycles. The van der Waals surface area contributed by atoms with Crippen LogP contribution >= 0.6 is 0 Å². The molecule has 33 heavy (non-hydrogen) atoms. The zero-order chi connectivity index (χ0) is 23.2. The minimum absolute atomic E-state index is 0.0338. The van der Waals surface area contributed by atoms with E-state index in [9.17, 15) is 4.79 Å². The summed E-state index contributed by atoms with van der Waals surface area (Å²) in [6.45, 7) is 11.0. The Kier molecular flexibility index (Phi) is 8.21. The molecule has 0 radical (unpaired) electrons. The van der Waals surface area contributed by atoms with Gasteiger partial charge in [0, 0.05) is 32.7 Å². The van der Waals surface area contributed by atoms with Crippen molar-refractivity contribution in [2.24, 2.45) is 17.8 Å². The Morgan fingerprint density at radius 1 is 0.939 bits per heavy atom. The van der Waals surface area contributed by atoms with Crippen LogP contribution < -0.4 is 0 Å². The molecule has 4 rings (SSSR count). The molecule has 1 aliphatic carbocycles. The molecule has 178 valence electrons. The number of carbonyl (C=O) groups excluding carboxylic acids is 1. The van der Waals surface area contributed by atoms with Crippen LogP contribution in [-0.2, 0) is 22.6 Å². The van der Waals surface area contributed by atoms with Gasteiger partial charge in [-0.3, -0.25) is 14.6 Å². The molecule has 0 bridgehead atoms. The highest BCUT2D eigenvalue weighted by molar-refractivity contribution is 5.76. The quantitative estimate of drug-likeness (QED) is 0.533. The predicted octanol–water partition coefficient (Wildman–Crippen LogP) is 5.38. The molecule has 1 aliphatic heterocycles. The van der Waals surface area contributed by atoms with Crippen LogP contribution in [0.5, 0.6) is 0 Å². The number of carbonyl (C=O) groups is 1. The first-order chi connectivity index (χ1) is 16.0. The number of esters is 1. The number of hydrogen-bond acceptors (Lipinski definition) is 4. The van der Waals surface area contributed by atoms with E-state index in [0.29, 0.717) is 17.8 Å². The Hall–Kier alpha value is -2.17. The first kappa shape index (κ1) is 24.0. The van der Waals surface area contributed by atoms with E-state index in [0.717, 1.165) is 45.6 Å². The van der Waals surface area contributed by atoms with Crippen LogP contribution in [-0.4, -0.2) is 47.5 Å². The van der Waals surface area contributed by atoms with Crippen molar-refractivity contribution < 1.29 is 9.53 Å². The van der Waals surface area contributed by atoms with Crippen molar-refractivity contribution in [2.75, 3.05) is 19.6 Å². The third-order valence-electron chi connectivity index (χ3n) is 7.55. The lowest BCUT2D eigenvalue weighted by Gasteiger charge is -2.42. The molecule has 0 aromatic heterocycles. The first-order valence-electron chi connectivity index (χ1n) is 12.7. The highest BCUT2D eigenvalue weighted by Gasteiger charge is 2.38. The van der Waals surface area contributed by atoms with Crippen LogP contribution in [0.1, 0.15) is 51.2 Å². The molecule has 4 atom stereocenters. The van der Waals surface area contributed by atoms with E-state index in [-0.39, 0.29) is 18.1 Å². The number of benzene rings is 2. The minimum atomic E-state index is -0.229. The summed E-state index contributed by atoms with van der Waals surface area (Å²) in [5.41, 5.74) is 2.54. The zero-order valence-corrected chi connectivity index (χ0v) is 20.5. The van der Waals surface area contributed by atoms with Crippen molar-refractivity contribution in [3.8, 4) is 0 Å². The van der Waals surface area contributed by atoms with Crippen molar-refractivity contribution in [3.05, 3.63) is 71.8 Å². The molecule has 4 nitrogen and oxygen atoms in total. The lowest BCUT2D eigenvalue weighted by Crippen LogP contribution is -2.56. The van der Waals surface area contributed by atoms with Crippen LogP contribution in [0.15, 0.2) is 60.7 Å². The molecule has 2 aromatic carbocycles. The monoisotopic (exact) mass is 448 g/mol. The second kappa shape index (κ2) is 11.3. The summed E-state index contributed by atoms with van der Waals surface area (Å²) in [7, 11) is 0. The molecule has 1 saturated carbocycles. The number of hydrogen-bond donors (Lipinski definition) is 0. The van der Waals surface area contributed by atoms with Gasteiger partial charge in [-0.05, 0) is 41.7 Å². The molecule has 4 heteroatoms. The maximum absolute atomic E-state index is 13.6. The third-order valence-corrected chi connectivity index (χ3v) is 7.55. The topological polar surface area (TPSA) is 32.8 Å². The van der Waals surface area contributed by atoms with Gasteiger partial charge in [-0.15, -0.1) is 0 Å². The summed E-state index contributed by atoms with van der Waals surface area (Å²) in [5.74, 6) is 1.60. The summed E-state index contributed by atoms with van der Waals surface area (Å²) in [6, 6.07) is 20.8. The lowest BCUT2D eigenvalue weighted by atomic mass is 9.75. The molecule has 0 amide bonds. The third kappa shape index (κ3) is 6.45. The average molecular weight is 449 g/mol. The fraction of sp³-hybridized carbons (Fsp3) is 0.552.